The number of rotatable bonds is 4. The fraction of sp³-hybridized carbons (Fsp3) is 0.125. The molecule has 0 spiro atoms. The average molecular weight is 288 g/mol. The molecule has 2 aromatic carbocycles. The van der Waals surface area contributed by atoms with Crippen LogP contribution in [-0.4, -0.2) is 6.61 Å². The Morgan fingerprint density at radius 2 is 1.37 bits per heavy atom. The molecule has 0 bridgehead atoms. The zero-order valence-corrected chi connectivity index (χ0v) is 12.5. The van der Waals surface area contributed by atoms with Gasteiger partial charge in [0.05, 0.1) is 6.61 Å². The lowest BCUT2D eigenvalue weighted by molar-refractivity contribution is 0.340. The first-order chi connectivity index (χ1) is 9.22. The highest BCUT2D eigenvalue weighted by molar-refractivity contribution is 7.96. The second kappa shape index (κ2) is 6.73. The van der Waals surface area contributed by atoms with Crippen LogP contribution >= 0.6 is 25.3 Å². The Balaban J connectivity index is 2.30. The summed E-state index contributed by atoms with van der Waals surface area (Å²) >= 11 is 9.14. The Bertz CT molecular complexity index is 559. The summed E-state index contributed by atoms with van der Waals surface area (Å²) in [6, 6.07) is 17.9. The lowest BCUT2D eigenvalue weighted by Crippen LogP contribution is -1.91. The highest BCUT2D eigenvalue weighted by atomic mass is 32.1. The normalized spacial score (nSPS) is 11.9. The van der Waals surface area contributed by atoms with E-state index in [0.29, 0.717) is 6.61 Å². The molecule has 0 atom stereocenters. The van der Waals surface area contributed by atoms with Gasteiger partial charge in [-0.15, -0.1) is 25.3 Å². The minimum absolute atomic E-state index is 0.671. The average Bonchev–Trinajstić information content (AvgIpc) is 2.48. The smallest absolute Gasteiger partial charge is 0.119 e. The third kappa shape index (κ3) is 3.58. The van der Waals surface area contributed by atoms with Crippen molar-refractivity contribution in [3.8, 4) is 5.75 Å². The molecule has 0 saturated heterocycles. The molecule has 0 radical (unpaired) electrons. The van der Waals surface area contributed by atoms with Gasteiger partial charge in [0.25, 0.3) is 0 Å². The van der Waals surface area contributed by atoms with Crippen molar-refractivity contribution in [2.75, 3.05) is 6.61 Å². The molecule has 0 unspecified atom stereocenters. The zero-order valence-electron chi connectivity index (χ0n) is 10.7. The number of hydrogen-bond donors (Lipinski definition) is 2. The standard InChI is InChI=1S/C16H16OS2/c1-2-17-14-10-8-13(9-11-14)16(19)15(18)12-6-4-3-5-7-12/h3-11,18-19H,2H2,1H3/b16-15-. The van der Waals surface area contributed by atoms with Crippen molar-refractivity contribution < 1.29 is 4.74 Å². The van der Waals surface area contributed by atoms with E-state index in [-0.39, 0.29) is 0 Å². The van der Waals surface area contributed by atoms with E-state index in [1.807, 2.05) is 61.5 Å². The maximum Gasteiger partial charge on any atom is 0.119 e. The van der Waals surface area contributed by atoms with Gasteiger partial charge in [0.2, 0.25) is 0 Å². The van der Waals surface area contributed by atoms with Gasteiger partial charge in [-0.3, -0.25) is 0 Å². The molecular weight excluding hydrogens is 272 g/mol. The molecule has 0 aromatic heterocycles. The van der Waals surface area contributed by atoms with E-state index >= 15 is 0 Å². The first-order valence-corrected chi connectivity index (χ1v) is 7.02. The summed E-state index contributed by atoms with van der Waals surface area (Å²) in [6.07, 6.45) is 0. The van der Waals surface area contributed by atoms with Crippen LogP contribution in [0.25, 0.3) is 9.81 Å². The van der Waals surface area contributed by atoms with Gasteiger partial charge in [0.15, 0.2) is 0 Å². The van der Waals surface area contributed by atoms with E-state index in [2.05, 4.69) is 25.3 Å². The lowest BCUT2D eigenvalue weighted by atomic mass is 10.1. The first-order valence-electron chi connectivity index (χ1n) is 6.13. The van der Waals surface area contributed by atoms with Crippen LogP contribution in [0.15, 0.2) is 54.6 Å². The van der Waals surface area contributed by atoms with Crippen LogP contribution in [0.5, 0.6) is 5.75 Å². The SMILES string of the molecule is CCOc1ccc(/C(S)=C(/S)c2ccccc2)cc1. The van der Waals surface area contributed by atoms with Crippen LogP contribution in [0.3, 0.4) is 0 Å². The quantitative estimate of drug-likeness (QED) is 0.608. The predicted octanol–water partition coefficient (Wildman–Crippen LogP) is 4.77. The summed E-state index contributed by atoms with van der Waals surface area (Å²) in [4.78, 5) is 1.73. The van der Waals surface area contributed by atoms with Gasteiger partial charge in [-0.25, -0.2) is 0 Å². The van der Waals surface area contributed by atoms with Crippen LogP contribution in [0.2, 0.25) is 0 Å². The molecule has 0 heterocycles. The maximum absolute atomic E-state index is 5.43. The van der Waals surface area contributed by atoms with E-state index < -0.39 is 0 Å². The van der Waals surface area contributed by atoms with Gasteiger partial charge in [0.1, 0.15) is 5.75 Å². The topological polar surface area (TPSA) is 9.23 Å². The summed E-state index contributed by atoms with van der Waals surface area (Å²) in [5, 5.41) is 0. The largest absolute Gasteiger partial charge is 0.494 e. The third-order valence-electron chi connectivity index (χ3n) is 2.71. The second-order valence-electron chi connectivity index (χ2n) is 4.02. The fourth-order valence-electron chi connectivity index (χ4n) is 1.75. The van der Waals surface area contributed by atoms with Crippen molar-refractivity contribution >= 4 is 35.1 Å². The van der Waals surface area contributed by atoms with Crippen LogP contribution in [-0.2, 0) is 0 Å². The maximum atomic E-state index is 5.43. The molecule has 1 nitrogen and oxygen atoms in total. The van der Waals surface area contributed by atoms with Gasteiger partial charge in [-0.1, -0.05) is 42.5 Å². The van der Waals surface area contributed by atoms with Crippen molar-refractivity contribution in [3.63, 3.8) is 0 Å². The lowest BCUT2D eigenvalue weighted by Gasteiger charge is -2.08. The molecule has 0 amide bonds. The van der Waals surface area contributed by atoms with E-state index in [1.54, 1.807) is 0 Å². The van der Waals surface area contributed by atoms with Crippen LogP contribution in [0.1, 0.15) is 18.1 Å². The van der Waals surface area contributed by atoms with E-state index in [1.165, 1.54) is 0 Å². The van der Waals surface area contributed by atoms with Gasteiger partial charge in [0, 0.05) is 9.81 Å². The molecule has 0 aliphatic carbocycles. The summed E-state index contributed by atoms with van der Waals surface area (Å²) < 4.78 is 5.43. The van der Waals surface area contributed by atoms with Crippen molar-refractivity contribution in [2.45, 2.75) is 6.92 Å². The van der Waals surface area contributed by atoms with Gasteiger partial charge in [-0.2, -0.15) is 0 Å². The molecule has 19 heavy (non-hydrogen) atoms. The summed E-state index contributed by atoms with van der Waals surface area (Å²) in [6.45, 7) is 2.64. The Labute approximate surface area is 125 Å². The molecule has 98 valence electrons. The van der Waals surface area contributed by atoms with Gasteiger partial charge in [-0.05, 0) is 30.2 Å². The fourth-order valence-corrected chi connectivity index (χ4v) is 2.30. The molecule has 0 saturated carbocycles. The summed E-state index contributed by atoms with van der Waals surface area (Å²) in [7, 11) is 0. The van der Waals surface area contributed by atoms with Crippen molar-refractivity contribution in [3.05, 3.63) is 65.7 Å². The Hall–Kier alpha value is -1.32. The second-order valence-corrected chi connectivity index (χ2v) is 4.92. The van der Waals surface area contributed by atoms with Crippen molar-refractivity contribution in [1.29, 1.82) is 0 Å². The first kappa shape index (κ1) is 14.1. The van der Waals surface area contributed by atoms with Crippen molar-refractivity contribution in [1.82, 2.24) is 0 Å². The Morgan fingerprint density at radius 1 is 0.842 bits per heavy atom. The zero-order chi connectivity index (χ0) is 13.7. The number of hydrogen-bond acceptors (Lipinski definition) is 3. The number of benzene rings is 2. The Kier molecular flexibility index (Phi) is 5.00. The predicted molar refractivity (Wildman–Crippen MR) is 88.8 cm³/mol. The molecule has 2 rings (SSSR count). The Morgan fingerprint density at radius 3 is 1.89 bits per heavy atom. The monoisotopic (exact) mass is 288 g/mol. The molecule has 0 fully saturated rings. The number of ether oxygens (including phenoxy) is 1. The molecular formula is C16H16OS2. The van der Waals surface area contributed by atoms with Gasteiger partial charge < -0.3 is 4.74 Å². The highest BCUT2D eigenvalue weighted by Gasteiger charge is 2.05. The third-order valence-corrected chi connectivity index (χ3v) is 3.85. The van der Waals surface area contributed by atoms with Crippen LogP contribution in [0.4, 0.5) is 0 Å². The number of thiol groups is 2. The molecule has 3 heteroatoms. The van der Waals surface area contributed by atoms with Gasteiger partial charge >= 0.3 is 0 Å². The molecule has 0 aliphatic rings. The molecule has 0 aliphatic heterocycles. The van der Waals surface area contributed by atoms with E-state index in [0.717, 1.165) is 26.7 Å². The van der Waals surface area contributed by atoms with E-state index in [4.69, 9.17) is 4.74 Å². The van der Waals surface area contributed by atoms with Crippen molar-refractivity contribution in [2.24, 2.45) is 0 Å². The summed E-state index contributed by atoms with van der Waals surface area (Å²) in [5.41, 5.74) is 2.09. The molecule has 0 N–H and O–H groups in total. The summed E-state index contributed by atoms with van der Waals surface area (Å²) in [5.74, 6) is 0.868. The molecule has 2 aromatic rings. The highest BCUT2D eigenvalue weighted by Crippen LogP contribution is 2.32. The van der Waals surface area contributed by atoms with E-state index in [9.17, 15) is 0 Å². The van der Waals surface area contributed by atoms with Crippen LogP contribution in [0, 0.1) is 0 Å². The van der Waals surface area contributed by atoms with Crippen LogP contribution < -0.4 is 4.74 Å². The minimum atomic E-state index is 0.671. The minimum Gasteiger partial charge on any atom is -0.494 e.